The molecule has 0 atom stereocenters. The van der Waals surface area contributed by atoms with Gasteiger partial charge in [0.15, 0.2) is 0 Å². The molecule has 2 aromatic rings. The monoisotopic (exact) mass is 305 g/mol. The van der Waals surface area contributed by atoms with E-state index in [1.165, 1.54) is 0 Å². The lowest BCUT2D eigenvalue weighted by molar-refractivity contribution is -0.910. The number of aromatic amines is 1. The Morgan fingerprint density at radius 3 is 2.68 bits per heavy atom. The zero-order valence-corrected chi connectivity index (χ0v) is 13.7. The first-order chi connectivity index (χ1) is 10.7. The quantitative estimate of drug-likeness (QED) is 0.577. The highest BCUT2D eigenvalue weighted by Crippen LogP contribution is 2.18. The minimum absolute atomic E-state index is 0.00380. The number of nitrogens with one attached hydrogen (secondary N) is 2. The summed E-state index contributed by atoms with van der Waals surface area (Å²) in [5.41, 5.74) is 1.67. The molecule has 0 saturated heterocycles. The van der Waals surface area contributed by atoms with E-state index < -0.39 is 0 Å². The van der Waals surface area contributed by atoms with E-state index in [0.717, 1.165) is 48.4 Å². The molecule has 5 heteroatoms. The number of aromatic nitrogens is 1. The summed E-state index contributed by atoms with van der Waals surface area (Å²) in [6, 6.07) is 7.66. The number of H-pyrrole nitrogens is 1. The lowest BCUT2D eigenvalue weighted by Gasteiger charge is -2.13. The second kappa shape index (κ2) is 7.96. The van der Waals surface area contributed by atoms with Crippen LogP contribution in [-0.2, 0) is 6.54 Å². The number of nitrogens with two attached hydrogens (primary N) is 1. The van der Waals surface area contributed by atoms with Gasteiger partial charge >= 0.3 is 0 Å². The Morgan fingerprint density at radius 2 is 2.00 bits per heavy atom. The predicted octanol–water partition coefficient (Wildman–Crippen LogP) is -0.475. The highest BCUT2D eigenvalue weighted by Gasteiger charge is 2.07. The van der Waals surface area contributed by atoms with Crippen molar-refractivity contribution in [3.8, 4) is 5.75 Å². The van der Waals surface area contributed by atoms with Crippen LogP contribution in [0, 0.1) is 0 Å². The molecule has 1 aromatic carbocycles. The van der Waals surface area contributed by atoms with Crippen molar-refractivity contribution in [3.63, 3.8) is 0 Å². The van der Waals surface area contributed by atoms with Crippen LogP contribution in [-0.4, -0.2) is 38.3 Å². The number of fused-ring (bicyclic) bond motifs is 1. The van der Waals surface area contributed by atoms with Gasteiger partial charge in [0, 0.05) is 10.9 Å². The van der Waals surface area contributed by atoms with E-state index in [-0.39, 0.29) is 5.56 Å². The molecule has 5 nitrogen and oxygen atoms in total. The topological polar surface area (TPSA) is 63.1 Å². The van der Waals surface area contributed by atoms with E-state index in [4.69, 9.17) is 4.74 Å². The smallest absolute Gasteiger partial charge is 0.257 e. The molecule has 0 bridgehead atoms. The standard InChI is InChI=1S/C17H25N3O2/c1-4-20(5-2)9-8-18-12-14-10-13-11-15(22-3)6-7-16(13)19-17(14)21/h6-7,10-11,18H,4-5,8-9,12H2,1-3H3,(H,19,21)/p+2. The number of hydrogen-bond donors (Lipinski definition) is 3. The molecule has 0 aliphatic rings. The SMILES string of the molecule is CC[NH+](CC)CC[NH2+]Cc1cc2cc(OC)ccc2[nH]c1=O. The molecule has 0 amide bonds. The van der Waals surface area contributed by atoms with Crippen molar-refractivity contribution >= 4 is 10.9 Å². The molecule has 0 aliphatic carbocycles. The fourth-order valence-corrected chi connectivity index (χ4v) is 2.68. The number of rotatable bonds is 8. The van der Waals surface area contributed by atoms with Crippen LogP contribution in [0.25, 0.3) is 10.9 Å². The van der Waals surface area contributed by atoms with Crippen molar-refractivity contribution in [1.29, 1.82) is 0 Å². The Bertz CT molecular complexity index is 662. The van der Waals surface area contributed by atoms with E-state index in [1.54, 1.807) is 12.0 Å². The molecular weight excluding hydrogens is 278 g/mol. The molecule has 0 spiro atoms. The van der Waals surface area contributed by atoms with Gasteiger partial charge in [-0.2, -0.15) is 0 Å². The number of pyridine rings is 1. The number of quaternary nitrogens is 2. The van der Waals surface area contributed by atoms with Gasteiger partial charge < -0.3 is 19.9 Å². The third-order valence-electron chi connectivity index (χ3n) is 4.19. The summed E-state index contributed by atoms with van der Waals surface area (Å²) in [5.74, 6) is 0.805. The van der Waals surface area contributed by atoms with E-state index in [2.05, 4.69) is 24.1 Å². The Balaban J connectivity index is 2.04. The van der Waals surface area contributed by atoms with Gasteiger partial charge in [-0.1, -0.05) is 0 Å². The average Bonchev–Trinajstić information content (AvgIpc) is 2.55. The zero-order valence-electron chi connectivity index (χ0n) is 13.7. The zero-order chi connectivity index (χ0) is 15.9. The van der Waals surface area contributed by atoms with Crippen LogP contribution in [0.4, 0.5) is 0 Å². The molecule has 0 unspecified atom stereocenters. The fraction of sp³-hybridized carbons (Fsp3) is 0.471. The van der Waals surface area contributed by atoms with Crippen LogP contribution in [0.15, 0.2) is 29.1 Å². The van der Waals surface area contributed by atoms with Crippen LogP contribution >= 0.6 is 0 Å². The van der Waals surface area contributed by atoms with Gasteiger partial charge in [0.2, 0.25) is 0 Å². The Hall–Kier alpha value is -1.85. The van der Waals surface area contributed by atoms with Crippen molar-refractivity contribution in [2.24, 2.45) is 0 Å². The van der Waals surface area contributed by atoms with Crippen molar-refractivity contribution in [2.75, 3.05) is 33.3 Å². The molecule has 1 heterocycles. The van der Waals surface area contributed by atoms with Gasteiger partial charge in [-0.3, -0.25) is 4.79 Å². The van der Waals surface area contributed by atoms with Crippen molar-refractivity contribution in [1.82, 2.24) is 4.98 Å². The van der Waals surface area contributed by atoms with Gasteiger partial charge in [0.25, 0.3) is 5.56 Å². The Morgan fingerprint density at radius 1 is 1.23 bits per heavy atom. The molecule has 0 saturated carbocycles. The van der Waals surface area contributed by atoms with E-state index in [1.807, 2.05) is 24.3 Å². The average molecular weight is 305 g/mol. The summed E-state index contributed by atoms with van der Waals surface area (Å²) in [4.78, 5) is 16.7. The van der Waals surface area contributed by atoms with Gasteiger partial charge in [0.05, 0.1) is 25.8 Å². The Kier molecular flexibility index (Phi) is 5.98. The molecular formula is C17H27N3O2+2. The minimum atomic E-state index is 0.00380. The predicted molar refractivity (Wildman–Crippen MR) is 88.5 cm³/mol. The summed E-state index contributed by atoms with van der Waals surface area (Å²) in [5, 5.41) is 3.22. The number of benzene rings is 1. The Labute approximate surface area is 131 Å². The molecule has 120 valence electrons. The highest BCUT2D eigenvalue weighted by atomic mass is 16.5. The second-order valence-corrected chi connectivity index (χ2v) is 5.57. The lowest BCUT2D eigenvalue weighted by atomic mass is 10.1. The normalized spacial score (nSPS) is 11.3. The van der Waals surface area contributed by atoms with Gasteiger partial charge in [0.1, 0.15) is 25.4 Å². The molecule has 4 N–H and O–H groups in total. The molecule has 22 heavy (non-hydrogen) atoms. The summed E-state index contributed by atoms with van der Waals surface area (Å²) in [6.07, 6.45) is 0. The largest absolute Gasteiger partial charge is 0.497 e. The fourth-order valence-electron chi connectivity index (χ4n) is 2.68. The van der Waals surface area contributed by atoms with Crippen LogP contribution in [0.3, 0.4) is 0 Å². The maximum absolute atomic E-state index is 12.1. The molecule has 1 aromatic heterocycles. The van der Waals surface area contributed by atoms with E-state index in [9.17, 15) is 4.79 Å². The summed E-state index contributed by atoms with van der Waals surface area (Å²) in [7, 11) is 1.65. The molecule has 0 radical (unpaired) electrons. The number of likely N-dealkylation sites (N-methyl/N-ethyl adjacent to an activating group) is 1. The summed E-state index contributed by atoms with van der Waals surface area (Å²) in [6.45, 7) is 9.60. The first kappa shape index (κ1) is 16.5. The van der Waals surface area contributed by atoms with E-state index in [0.29, 0.717) is 6.54 Å². The van der Waals surface area contributed by atoms with E-state index >= 15 is 0 Å². The van der Waals surface area contributed by atoms with Crippen LogP contribution < -0.4 is 20.5 Å². The first-order valence-corrected chi connectivity index (χ1v) is 8.03. The molecule has 0 fully saturated rings. The maximum atomic E-state index is 12.1. The summed E-state index contributed by atoms with van der Waals surface area (Å²) >= 11 is 0. The summed E-state index contributed by atoms with van der Waals surface area (Å²) < 4.78 is 5.24. The van der Waals surface area contributed by atoms with Crippen LogP contribution in [0.2, 0.25) is 0 Å². The number of methoxy groups -OCH3 is 1. The molecule has 2 rings (SSSR count). The lowest BCUT2D eigenvalue weighted by Crippen LogP contribution is -3.14. The number of ether oxygens (including phenoxy) is 1. The van der Waals surface area contributed by atoms with Gasteiger partial charge in [-0.15, -0.1) is 0 Å². The van der Waals surface area contributed by atoms with Crippen molar-refractivity contribution < 1.29 is 15.0 Å². The third kappa shape index (κ3) is 4.08. The molecule has 0 aliphatic heterocycles. The number of hydrogen-bond acceptors (Lipinski definition) is 2. The van der Waals surface area contributed by atoms with Crippen molar-refractivity contribution in [2.45, 2.75) is 20.4 Å². The minimum Gasteiger partial charge on any atom is -0.497 e. The second-order valence-electron chi connectivity index (χ2n) is 5.57. The van der Waals surface area contributed by atoms with Crippen molar-refractivity contribution in [3.05, 3.63) is 40.2 Å². The van der Waals surface area contributed by atoms with Gasteiger partial charge in [-0.05, 0) is 38.1 Å². The van der Waals surface area contributed by atoms with Gasteiger partial charge in [-0.25, -0.2) is 0 Å². The maximum Gasteiger partial charge on any atom is 0.257 e. The highest BCUT2D eigenvalue weighted by molar-refractivity contribution is 5.80. The first-order valence-electron chi connectivity index (χ1n) is 8.03. The third-order valence-corrected chi connectivity index (χ3v) is 4.19. The van der Waals surface area contributed by atoms with Crippen LogP contribution in [0.1, 0.15) is 19.4 Å². The van der Waals surface area contributed by atoms with Crippen LogP contribution in [0.5, 0.6) is 5.75 Å².